The van der Waals surface area contributed by atoms with E-state index in [1.54, 1.807) is 12.1 Å². The van der Waals surface area contributed by atoms with E-state index >= 15 is 0 Å². The molecule has 3 rings (SSSR count). The van der Waals surface area contributed by atoms with Crippen LogP contribution in [0.3, 0.4) is 0 Å². The van der Waals surface area contributed by atoms with E-state index in [2.05, 4.69) is 6.07 Å². The summed E-state index contributed by atoms with van der Waals surface area (Å²) in [7, 11) is 0. The van der Waals surface area contributed by atoms with Gasteiger partial charge in [-0.15, -0.1) is 0 Å². The maximum atomic E-state index is 9.27. The number of benzene rings is 2. The molecule has 1 heterocycles. The SMILES string of the molecule is N#Cc1ccc(Cl)c2c1OC(CCN)(c1ccccc1)C2. The van der Waals surface area contributed by atoms with Crippen molar-refractivity contribution >= 4 is 11.6 Å². The summed E-state index contributed by atoms with van der Waals surface area (Å²) in [4.78, 5) is 0. The Bertz CT molecular complexity index is 709. The summed E-state index contributed by atoms with van der Waals surface area (Å²) in [6.07, 6.45) is 1.31. The van der Waals surface area contributed by atoms with Crippen LogP contribution in [0.1, 0.15) is 23.1 Å². The molecule has 0 amide bonds. The van der Waals surface area contributed by atoms with E-state index in [4.69, 9.17) is 22.1 Å². The van der Waals surface area contributed by atoms with Crippen LogP contribution in [0.4, 0.5) is 0 Å². The second-order valence-corrected chi connectivity index (χ2v) is 5.60. The first kappa shape index (κ1) is 13.9. The standard InChI is InChI=1S/C17H15ClN2O/c18-15-7-6-12(11-20)16-14(15)10-17(21-16,8-9-19)13-4-2-1-3-5-13/h1-7H,8-10,19H2. The first-order valence-electron chi connectivity index (χ1n) is 6.86. The first-order valence-corrected chi connectivity index (χ1v) is 7.24. The predicted octanol–water partition coefficient (Wildman–Crippen LogP) is 3.39. The lowest BCUT2D eigenvalue weighted by molar-refractivity contribution is 0.0851. The van der Waals surface area contributed by atoms with Crippen molar-refractivity contribution < 1.29 is 4.74 Å². The Balaban J connectivity index is 2.12. The van der Waals surface area contributed by atoms with Gasteiger partial charge in [-0.2, -0.15) is 5.26 Å². The maximum absolute atomic E-state index is 9.27. The molecule has 2 aromatic rings. The highest BCUT2D eigenvalue weighted by Gasteiger charge is 2.42. The number of nitrogens with zero attached hydrogens (tertiary/aromatic N) is 1. The Morgan fingerprint density at radius 3 is 2.67 bits per heavy atom. The topological polar surface area (TPSA) is 59.0 Å². The largest absolute Gasteiger partial charge is 0.480 e. The number of hydrogen-bond donors (Lipinski definition) is 1. The van der Waals surface area contributed by atoms with E-state index in [9.17, 15) is 5.26 Å². The van der Waals surface area contributed by atoms with Crippen LogP contribution in [0.2, 0.25) is 5.02 Å². The smallest absolute Gasteiger partial charge is 0.143 e. The third-order valence-electron chi connectivity index (χ3n) is 3.93. The molecular weight excluding hydrogens is 284 g/mol. The monoisotopic (exact) mass is 298 g/mol. The quantitative estimate of drug-likeness (QED) is 0.945. The molecule has 2 N–H and O–H groups in total. The minimum absolute atomic E-state index is 0.502. The van der Waals surface area contributed by atoms with Gasteiger partial charge in [0.15, 0.2) is 0 Å². The molecule has 2 aromatic carbocycles. The van der Waals surface area contributed by atoms with Gasteiger partial charge in [0, 0.05) is 23.4 Å². The van der Waals surface area contributed by atoms with Crippen molar-refractivity contribution in [3.63, 3.8) is 0 Å². The van der Waals surface area contributed by atoms with E-state index in [1.165, 1.54) is 0 Å². The third kappa shape index (κ3) is 2.27. The lowest BCUT2D eigenvalue weighted by Crippen LogP contribution is -2.34. The van der Waals surface area contributed by atoms with Gasteiger partial charge in [-0.1, -0.05) is 41.9 Å². The van der Waals surface area contributed by atoms with E-state index in [0.717, 1.165) is 11.1 Å². The molecule has 0 bridgehead atoms. The fourth-order valence-electron chi connectivity index (χ4n) is 2.91. The number of nitrogens with two attached hydrogens (primary N) is 1. The lowest BCUT2D eigenvalue weighted by Gasteiger charge is -2.29. The van der Waals surface area contributed by atoms with Gasteiger partial charge in [0.05, 0.1) is 5.56 Å². The van der Waals surface area contributed by atoms with Gasteiger partial charge in [-0.05, 0) is 24.2 Å². The molecule has 0 radical (unpaired) electrons. The highest BCUT2D eigenvalue weighted by atomic mass is 35.5. The van der Waals surface area contributed by atoms with E-state index < -0.39 is 5.60 Å². The van der Waals surface area contributed by atoms with Crippen molar-refractivity contribution in [1.82, 2.24) is 0 Å². The summed E-state index contributed by atoms with van der Waals surface area (Å²) in [5.41, 5.74) is 7.74. The second kappa shape index (κ2) is 5.40. The Hall–Kier alpha value is -2.02. The molecule has 0 saturated carbocycles. The van der Waals surface area contributed by atoms with Crippen LogP contribution < -0.4 is 10.5 Å². The number of fused-ring (bicyclic) bond motifs is 1. The number of rotatable bonds is 3. The zero-order chi connectivity index (χ0) is 14.9. The Morgan fingerprint density at radius 1 is 1.24 bits per heavy atom. The van der Waals surface area contributed by atoms with E-state index in [-0.39, 0.29) is 0 Å². The van der Waals surface area contributed by atoms with Gasteiger partial charge in [0.25, 0.3) is 0 Å². The molecule has 0 aliphatic carbocycles. The van der Waals surface area contributed by atoms with Crippen LogP contribution >= 0.6 is 11.6 Å². The molecule has 4 heteroatoms. The van der Waals surface area contributed by atoms with Gasteiger partial charge in [0.2, 0.25) is 0 Å². The molecule has 0 aromatic heterocycles. The predicted molar refractivity (Wildman–Crippen MR) is 82.3 cm³/mol. The molecule has 0 saturated heterocycles. The normalized spacial score (nSPS) is 19.7. The van der Waals surface area contributed by atoms with Crippen molar-refractivity contribution in [2.24, 2.45) is 5.73 Å². The zero-order valence-corrected chi connectivity index (χ0v) is 12.2. The van der Waals surface area contributed by atoms with Crippen LogP contribution in [0.5, 0.6) is 5.75 Å². The molecule has 0 fully saturated rings. The number of halogens is 1. The summed E-state index contributed by atoms with van der Waals surface area (Å²) >= 11 is 6.29. The number of nitriles is 1. The molecule has 106 valence electrons. The average Bonchev–Trinajstić information content (AvgIpc) is 2.91. The Kier molecular flexibility index (Phi) is 3.59. The van der Waals surface area contributed by atoms with Crippen LogP contribution in [-0.4, -0.2) is 6.54 Å². The molecule has 3 nitrogen and oxygen atoms in total. The fourth-order valence-corrected chi connectivity index (χ4v) is 3.13. The van der Waals surface area contributed by atoms with Gasteiger partial charge < -0.3 is 10.5 Å². The summed E-state index contributed by atoms with van der Waals surface area (Å²) in [6.45, 7) is 0.502. The van der Waals surface area contributed by atoms with Gasteiger partial charge in [-0.3, -0.25) is 0 Å². The summed E-state index contributed by atoms with van der Waals surface area (Å²) in [5, 5.41) is 9.90. The lowest BCUT2D eigenvalue weighted by atomic mass is 9.86. The first-order chi connectivity index (χ1) is 10.2. The van der Waals surface area contributed by atoms with E-state index in [0.29, 0.717) is 35.7 Å². The molecule has 21 heavy (non-hydrogen) atoms. The number of ether oxygens (including phenoxy) is 1. The number of hydrogen-bond acceptors (Lipinski definition) is 3. The van der Waals surface area contributed by atoms with Crippen molar-refractivity contribution in [1.29, 1.82) is 5.26 Å². The Morgan fingerprint density at radius 2 is 2.00 bits per heavy atom. The fraction of sp³-hybridized carbons (Fsp3) is 0.235. The molecule has 1 atom stereocenters. The van der Waals surface area contributed by atoms with Gasteiger partial charge in [-0.25, -0.2) is 0 Å². The van der Waals surface area contributed by atoms with Crippen LogP contribution in [0.15, 0.2) is 42.5 Å². The van der Waals surface area contributed by atoms with Crippen molar-refractivity contribution in [2.75, 3.05) is 6.54 Å². The highest BCUT2D eigenvalue weighted by molar-refractivity contribution is 6.31. The van der Waals surface area contributed by atoms with E-state index in [1.807, 2.05) is 30.3 Å². The van der Waals surface area contributed by atoms with Crippen LogP contribution in [0, 0.1) is 11.3 Å². The third-order valence-corrected chi connectivity index (χ3v) is 4.29. The van der Waals surface area contributed by atoms with Gasteiger partial charge >= 0.3 is 0 Å². The minimum Gasteiger partial charge on any atom is -0.480 e. The van der Waals surface area contributed by atoms with Gasteiger partial charge in [0.1, 0.15) is 17.4 Å². The summed E-state index contributed by atoms with van der Waals surface area (Å²) in [6, 6.07) is 15.6. The van der Waals surface area contributed by atoms with Crippen LogP contribution in [-0.2, 0) is 12.0 Å². The van der Waals surface area contributed by atoms with Crippen LogP contribution in [0.25, 0.3) is 0 Å². The summed E-state index contributed by atoms with van der Waals surface area (Å²) in [5.74, 6) is 0.599. The average molecular weight is 299 g/mol. The molecule has 1 unspecified atom stereocenters. The minimum atomic E-state index is -0.533. The zero-order valence-electron chi connectivity index (χ0n) is 11.5. The molecular formula is C17H15ClN2O. The Labute approximate surface area is 128 Å². The molecule has 1 aliphatic rings. The molecule has 1 aliphatic heterocycles. The highest BCUT2D eigenvalue weighted by Crippen LogP contribution is 2.47. The van der Waals surface area contributed by atoms with Crippen molar-refractivity contribution in [3.8, 4) is 11.8 Å². The van der Waals surface area contributed by atoms with Crippen molar-refractivity contribution in [2.45, 2.75) is 18.4 Å². The molecule has 0 spiro atoms. The second-order valence-electron chi connectivity index (χ2n) is 5.19. The maximum Gasteiger partial charge on any atom is 0.143 e. The van der Waals surface area contributed by atoms with Crippen molar-refractivity contribution in [3.05, 3.63) is 64.2 Å². The summed E-state index contributed by atoms with van der Waals surface area (Å²) < 4.78 is 6.24.